The van der Waals surface area contributed by atoms with Gasteiger partial charge in [-0.05, 0) is 49.4 Å². The highest BCUT2D eigenvalue weighted by molar-refractivity contribution is 9.10. The summed E-state index contributed by atoms with van der Waals surface area (Å²) in [6.07, 6.45) is 0. The van der Waals surface area contributed by atoms with Crippen LogP contribution in [-0.2, 0) is 11.3 Å². The predicted octanol–water partition coefficient (Wildman–Crippen LogP) is 2.94. The summed E-state index contributed by atoms with van der Waals surface area (Å²) >= 11 is 3.42. The number of halogens is 1. The van der Waals surface area contributed by atoms with Crippen LogP contribution in [0.1, 0.15) is 17.3 Å². The number of carbonyl (C=O) groups excluding carboxylic acids is 2. The van der Waals surface area contributed by atoms with Gasteiger partial charge in [-0.25, -0.2) is 4.98 Å². The van der Waals surface area contributed by atoms with Crippen molar-refractivity contribution in [3.63, 3.8) is 0 Å². The highest BCUT2D eigenvalue weighted by atomic mass is 79.9. The summed E-state index contributed by atoms with van der Waals surface area (Å²) in [5, 5.41) is 2.77. The topological polar surface area (TPSA) is 99.2 Å². The molecule has 2 aromatic carbocycles. The highest BCUT2D eigenvalue weighted by Crippen LogP contribution is 2.23. The van der Waals surface area contributed by atoms with Gasteiger partial charge in [0.2, 0.25) is 11.9 Å². The molecule has 2 amide bonds. The maximum absolute atomic E-state index is 12.2. The number of rotatable bonds is 6. The van der Waals surface area contributed by atoms with Crippen molar-refractivity contribution < 1.29 is 14.3 Å². The maximum atomic E-state index is 12.2. The SMILES string of the molecule is CCn1c(NC(=O)COc2ccc(C(N)=O)cc2)nc2cc(Br)ccc21. The van der Waals surface area contributed by atoms with E-state index in [1.54, 1.807) is 24.3 Å². The van der Waals surface area contributed by atoms with E-state index in [0.717, 1.165) is 15.5 Å². The van der Waals surface area contributed by atoms with Crippen LogP contribution in [0.5, 0.6) is 5.75 Å². The second kappa shape index (κ2) is 7.57. The number of nitrogens with one attached hydrogen (secondary N) is 1. The quantitative estimate of drug-likeness (QED) is 0.644. The van der Waals surface area contributed by atoms with Gasteiger partial charge in [0.25, 0.3) is 5.91 Å². The number of amides is 2. The molecule has 0 bridgehead atoms. The Kier molecular flexibility index (Phi) is 5.22. The molecule has 0 radical (unpaired) electrons. The summed E-state index contributed by atoms with van der Waals surface area (Å²) in [6.45, 7) is 2.48. The Morgan fingerprint density at radius 2 is 1.96 bits per heavy atom. The van der Waals surface area contributed by atoms with Crippen molar-refractivity contribution in [1.29, 1.82) is 0 Å². The number of aryl methyl sites for hydroxylation is 1. The van der Waals surface area contributed by atoms with Crippen molar-refractivity contribution >= 4 is 44.7 Å². The van der Waals surface area contributed by atoms with Crippen molar-refractivity contribution in [2.45, 2.75) is 13.5 Å². The fourth-order valence-electron chi connectivity index (χ4n) is 2.54. The van der Waals surface area contributed by atoms with E-state index in [0.29, 0.717) is 23.8 Å². The van der Waals surface area contributed by atoms with Crippen LogP contribution in [0.2, 0.25) is 0 Å². The first-order valence-corrected chi connectivity index (χ1v) is 8.75. The monoisotopic (exact) mass is 416 g/mol. The Morgan fingerprint density at radius 1 is 1.23 bits per heavy atom. The van der Waals surface area contributed by atoms with Gasteiger partial charge in [-0.2, -0.15) is 0 Å². The molecule has 8 heteroatoms. The Labute approximate surface area is 158 Å². The first-order chi connectivity index (χ1) is 12.5. The molecule has 3 aromatic rings. The van der Waals surface area contributed by atoms with E-state index in [-0.39, 0.29) is 12.5 Å². The summed E-state index contributed by atoms with van der Waals surface area (Å²) < 4.78 is 8.27. The standard InChI is InChI=1S/C18H17BrN4O3/c1-2-23-15-8-5-12(19)9-14(15)21-18(23)22-16(24)10-26-13-6-3-11(4-7-13)17(20)25/h3-9H,2,10H2,1H3,(H2,20,25)(H,21,22,24). The van der Waals surface area contributed by atoms with Gasteiger partial charge in [0, 0.05) is 16.6 Å². The number of anilines is 1. The van der Waals surface area contributed by atoms with Gasteiger partial charge < -0.3 is 15.0 Å². The van der Waals surface area contributed by atoms with Gasteiger partial charge in [0.05, 0.1) is 11.0 Å². The second-order valence-corrected chi connectivity index (χ2v) is 6.45. The van der Waals surface area contributed by atoms with Crippen LogP contribution in [0.3, 0.4) is 0 Å². The zero-order valence-electron chi connectivity index (χ0n) is 14.0. The number of hydrogen-bond donors (Lipinski definition) is 2. The molecule has 1 heterocycles. The van der Waals surface area contributed by atoms with E-state index in [9.17, 15) is 9.59 Å². The largest absolute Gasteiger partial charge is 0.484 e. The summed E-state index contributed by atoms with van der Waals surface area (Å²) in [6, 6.07) is 12.0. The Bertz CT molecular complexity index is 966. The minimum Gasteiger partial charge on any atom is -0.484 e. The van der Waals surface area contributed by atoms with Crippen LogP contribution >= 0.6 is 15.9 Å². The molecular weight excluding hydrogens is 400 g/mol. The molecule has 0 fully saturated rings. The molecule has 0 aliphatic heterocycles. The van der Waals surface area contributed by atoms with Gasteiger partial charge in [-0.1, -0.05) is 15.9 Å². The van der Waals surface area contributed by atoms with Gasteiger partial charge in [0.15, 0.2) is 6.61 Å². The number of carbonyl (C=O) groups is 2. The first-order valence-electron chi connectivity index (χ1n) is 7.96. The van der Waals surface area contributed by atoms with Crippen LogP contribution in [0.25, 0.3) is 11.0 Å². The number of imidazole rings is 1. The molecule has 3 N–H and O–H groups in total. The van der Waals surface area contributed by atoms with Crippen molar-refractivity contribution in [3.8, 4) is 5.75 Å². The van der Waals surface area contributed by atoms with Gasteiger partial charge in [0.1, 0.15) is 5.75 Å². The molecule has 0 saturated carbocycles. The predicted molar refractivity (Wildman–Crippen MR) is 102 cm³/mol. The van der Waals surface area contributed by atoms with Crippen LogP contribution in [0.15, 0.2) is 46.9 Å². The van der Waals surface area contributed by atoms with Crippen LogP contribution in [-0.4, -0.2) is 28.0 Å². The number of benzene rings is 2. The van der Waals surface area contributed by atoms with Crippen molar-refractivity contribution in [2.24, 2.45) is 5.73 Å². The summed E-state index contributed by atoms with van der Waals surface area (Å²) in [5.74, 6) is 0.101. The molecule has 0 unspecified atom stereocenters. The minimum absolute atomic E-state index is 0.174. The van der Waals surface area contributed by atoms with Crippen molar-refractivity contribution in [3.05, 3.63) is 52.5 Å². The molecule has 0 aliphatic rings. The lowest BCUT2D eigenvalue weighted by Gasteiger charge is -2.09. The normalized spacial score (nSPS) is 10.7. The van der Waals surface area contributed by atoms with Gasteiger partial charge in [-0.15, -0.1) is 0 Å². The lowest BCUT2D eigenvalue weighted by Crippen LogP contribution is -2.22. The highest BCUT2D eigenvalue weighted by Gasteiger charge is 2.13. The minimum atomic E-state index is -0.514. The van der Waals surface area contributed by atoms with Crippen LogP contribution in [0.4, 0.5) is 5.95 Å². The zero-order valence-corrected chi connectivity index (χ0v) is 15.6. The molecule has 1 aromatic heterocycles. The average molecular weight is 417 g/mol. The maximum Gasteiger partial charge on any atom is 0.264 e. The third-order valence-electron chi connectivity index (χ3n) is 3.79. The van der Waals surface area contributed by atoms with Crippen molar-refractivity contribution in [2.75, 3.05) is 11.9 Å². The number of fused-ring (bicyclic) bond motifs is 1. The molecule has 0 atom stereocenters. The fourth-order valence-corrected chi connectivity index (χ4v) is 2.89. The molecule has 0 spiro atoms. The van der Waals surface area contributed by atoms with Gasteiger partial charge >= 0.3 is 0 Å². The number of hydrogen-bond acceptors (Lipinski definition) is 4. The average Bonchev–Trinajstić information content (AvgIpc) is 2.96. The third-order valence-corrected chi connectivity index (χ3v) is 4.28. The molecule has 26 heavy (non-hydrogen) atoms. The fraction of sp³-hybridized carbons (Fsp3) is 0.167. The zero-order chi connectivity index (χ0) is 18.7. The number of aromatic nitrogens is 2. The molecule has 7 nitrogen and oxygen atoms in total. The number of ether oxygens (including phenoxy) is 1. The summed E-state index contributed by atoms with van der Waals surface area (Å²) in [7, 11) is 0. The molecule has 0 saturated heterocycles. The number of primary amides is 1. The Hall–Kier alpha value is -2.87. The lowest BCUT2D eigenvalue weighted by molar-refractivity contribution is -0.118. The molecule has 0 aliphatic carbocycles. The van der Waals surface area contributed by atoms with E-state index < -0.39 is 5.91 Å². The molecule has 3 rings (SSSR count). The van der Waals surface area contributed by atoms with Crippen LogP contribution < -0.4 is 15.8 Å². The summed E-state index contributed by atoms with van der Waals surface area (Å²) in [4.78, 5) is 27.7. The van der Waals surface area contributed by atoms with E-state index in [2.05, 4.69) is 26.2 Å². The van der Waals surface area contributed by atoms with Gasteiger partial charge in [-0.3, -0.25) is 14.9 Å². The summed E-state index contributed by atoms with van der Waals surface area (Å²) in [5.41, 5.74) is 7.29. The number of nitrogens with zero attached hydrogens (tertiary/aromatic N) is 2. The Balaban J connectivity index is 1.68. The van der Waals surface area contributed by atoms with E-state index >= 15 is 0 Å². The van der Waals surface area contributed by atoms with Crippen molar-refractivity contribution in [1.82, 2.24) is 9.55 Å². The number of nitrogens with two attached hydrogens (primary N) is 1. The smallest absolute Gasteiger partial charge is 0.264 e. The molecule has 134 valence electrons. The second-order valence-electron chi connectivity index (χ2n) is 5.54. The van der Waals surface area contributed by atoms with E-state index in [4.69, 9.17) is 10.5 Å². The van der Waals surface area contributed by atoms with Crippen LogP contribution in [0, 0.1) is 0 Å². The first kappa shape index (κ1) is 17.9. The Morgan fingerprint density at radius 3 is 2.62 bits per heavy atom. The molecular formula is C18H17BrN4O3. The van der Waals surface area contributed by atoms with E-state index in [1.165, 1.54) is 0 Å². The lowest BCUT2D eigenvalue weighted by atomic mass is 10.2. The van der Waals surface area contributed by atoms with E-state index in [1.807, 2.05) is 29.7 Å². The third kappa shape index (κ3) is 3.85.